The van der Waals surface area contributed by atoms with Gasteiger partial charge in [-0.2, -0.15) is 0 Å². The minimum atomic E-state index is -0.197. The Kier molecular flexibility index (Phi) is 5.31. The molecule has 0 unspecified atom stereocenters. The van der Waals surface area contributed by atoms with Crippen LogP contribution in [0.4, 0.5) is 11.4 Å². The fourth-order valence-electron chi connectivity index (χ4n) is 2.01. The van der Waals surface area contributed by atoms with Gasteiger partial charge in [0.2, 0.25) is 5.91 Å². The van der Waals surface area contributed by atoms with Crippen LogP contribution in [0, 0.1) is 0 Å². The second kappa shape index (κ2) is 7.41. The molecule has 2 rings (SSSR count). The van der Waals surface area contributed by atoms with Crippen molar-refractivity contribution in [3.05, 3.63) is 59.7 Å². The molecule has 0 heterocycles. The lowest BCUT2D eigenvalue weighted by Gasteiger charge is -2.08. The average molecular weight is 296 g/mol. The van der Waals surface area contributed by atoms with Crippen molar-refractivity contribution < 1.29 is 9.59 Å². The minimum Gasteiger partial charge on any atom is -0.326 e. The Balaban J connectivity index is 2.08. The van der Waals surface area contributed by atoms with E-state index in [1.807, 2.05) is 24.3 Å². The summed E-state index contributed by atoms with van der Waals surface area (Å²) in [7, 11) is 0. The molecule has 2 amide bonds. The molecule has 0 aromatic heterocycles. The molecule has 0 radical (unpaired) electrons. The van der Waals surface area contributed by atoms with Crippen molar-refractivity contribution in [1.82, 2.24) is 0 Å². The van der Waals surface area contributed by atoms with Crippen molar-refractivity contribution in [3.8, 4) is 0 Å². The number of hydrogen-bond donors (Lipinski definition) is 2. The average Bonchev–Trinajstić information content (AvgIpc) is 2.55. The summed E-state index contributed by atoms with van der Waals surface area (Å²) in [6, 6.07) is 14.7. The highest BCUT2D eigenvalue weighted by Gasteiger charge is 2.08. The molecule has 0 saturated carbocycles. The molecule has 0 saturated heterocycles. The number of anilines is 2. The molecule has 0 aliphatic heterocycles. The van der Waals surface area contributed by atoms with Gasteiger partial charge in [0.25, 0.3) is 5.91 Å². The van der Waals surface area contributed by atoms with Crippen molar-refractivity contribution in [2.24, 2.45) is 0 Å². The molecule has 2 N–H and O–H groups in total. The largest absolute Gasteiger partial charge is 0.326 e. The Hall–Kier alpha value is -2.62. The third-order valence-corrected chi connectivity index (χ3v) is 3.35. The van der Waals surface area contributed by atoms with Crippen LogP contribution in [0.2, 0.25) is 0 Å². The number of carbonyl (C=O) groups is 2. The van der Waals surface area contributed by atoms with Gasteiger partial charge in [-0.3, -0.25) is 9.59 Å². The van der Waals surface area contributed by atoms with E-state index in [1.165, 1.54) is 5.56 Å². The van der Waals surface area contributed by atoms with Gasteiger partial charge in [0.15, 0.2) is 0 Å². The summed E-state index contributed by atoms with van der Waals surface area (Å²) in [6.45, 7) is 3.87. The quantitative estimate of drug-likeness (QED) is 0.880. The molecule has 0 fully saturated rings. The van der Waals surface area contributed by atoms with E-state index in [1.54, 1.807) is 31.2 Å². The van der Waals surface area contributed by atoms with Gasteiger partial charge < -0.3 is 10.6 Å². The SMILES string of the molecule is CCC(=O)Nc1cccc(C(=O)Nc2ccc(CC)cc2)c1. The predicted molar refractivity (Wildman–Crippen MR) is 89.1 cm³/mol. The van der Waals surface area contributed by atoms with E-state index in [0.717, 1.165) is 12.1 Å². The highest BCUT2D eigenvalue weighted by atomic mass is 16.2. The van der Waals surface area contributed by atoms with Gasteiger partial charge in [-0.25, -0.2) is 0 Å². The Labute approximate surface area is 130 Å². The normalized spacial score (nSPS) is 10.1. The molecular weight excluding hydrogens is 276 g/mol. The molecule has 0 aliphatic carbocycles. The van der Waals surface area contributed by atoms with E-state index in [0.29, 0.717) is 17.7 Å². The van der Waals surface area contributed by atoms with Crippen molar-refractivity contribution >= 4 is 23.2 Å². The summed E-state index contributed by atoms with van der Waals surface area (Å²) >= 11 is 0. The van der Waals surface area contributed by atoms with E-state index < -0.39 is 0 Å². The van der Waals surface area contributed by atoms with Gasteiger partial charge in [-0.15, -0.1) is 0 Å². The second-order valence-corrected chi connectivity index (χ2v) is 4.99. The number of benzene rings is 2. The third-order valence-electron chi connectivity index (χ3n) is 3.35. The van der Waals surface area contributed by atoms with Crippen LogP contribution in [0.25, 0.3) is 0 Å². The first-order valence-corrected chi connectivity index (χ1v) is 7.42. The Bertz CT molecular complexity index is 663. The number of nitrogens with one attached hydrogen (secondary N) is 2. The maximum Gasteiger partial charge on any atom is 0.255 e. The zero-order chi connectivity index (χ0) is 15.9. The van der Waals surface area contributed by atoms with Crippen molar-refractivity contribution in [1.29, 1.82) is 0 Å². The van der Waals surface area contributed by atoms with Gasteiger partial charge >= 0.3 is 0 Å². The zero-order valence-corrected chi connectivity index (χ0v) is 12.8. The number of carbonyl (C=O) groups excluding carboxylic acids is 2. The van der Waals surface area contributed by atoms with Crippen LogP contribution in [-0.2, 0) is 11.2 Å². The predicted octanol–water partition coefficient (Wildman–Crippen LogP) is 3.85. The fraction of sp³-hybridized carbons (Fsp3) is 0.222. The summed E-state index contributed by atoms with van der Waals surface area (Å²) in [5.74, 6) is -0.274. The molecule has 2 aromatic carbocycles. The lowest BCUT2D eigenvalue weighted by atomic mass is 10.1. The van der Waals surface area contributed by atoms with Crippen molar-refractivity contribution in [3.63, 3.8) is 0 Å². The monoisotopic (exact) mass is 296 g/mol. The summed E-state index contributed by atoms with van der Waals surface area (Å²) in [5.41, 5.74) is 3.11. The van der Waals surface area contributed by atoms with E-state index in [2.05, 4.69) is 17.6 Å². The molecule has 0 aliphatic rings. The van der Waals surface area contributed by atoms with Gasteiger partial charge in [-0.05, 0) is 42.3 Å². The lowest BCUT2D eigenvalue weighted by molar-refractivity contribution is -0.115. The van der Waals surface area contributed by atoms with Crippen LogP contribution >= 0.6 is 0 Å². The lowest BCUT2D eigenvalue weighted by Crippen LogP contribution is -2.13. The maximum absolute atomic E-state index is 12.3. The topological polar surface area (TPSA) is 58.2 Å². The Morgan fingerprint density at radius 3 is 2.27 bits per heavy atom. The van der Waals surface area contributed by atoms with Gasteiger partial charge in [0, 0.05) is 23.4 Å². The third kappa shape index (κ3) is 4.19. The van der Waals surface area contributed by atoms with E-state index in [9.17, 15) is 9.59 Å². The maximum atomic E-state index is 12.3. The smallest absolute Gasteiger partial charge is 0.255 e. The van der Waals surface area contributed by atoms with E-state index >= 15 is 0 Å². The summed E-state index contributed by atoms with van der Waals surface area (Å²) in [5, 5.41) is 5.60. The first kappa shape index (κ1) is 15.8. The van der Waals surface area contributed by atoms with Crippen LogP contribution in [0.15, 0.2) is 48.5 Å². The van der Waals surface area contributed by atoms with Crippen LogP contribution < -0.4 is 10.6 Å². The number of hydrogen-bond acceptors (Lipinski definition) is 2. The molecule has 114 valence electrons. The van der Waals surface area contributed by atoms with Gasteiger partial charge in [0.1, 0.15) is 0 Å². The molecule has 4 heteroatoms. The second-order valence-electron chi connectivity index (χ2n) is 4.99. The molecular formula is C18H20N2O2. The first-order valence-electron chi connectivity index (χ1n) is 7.42. The van der Waals surface area contributed by atoms with E-state index in [-0.39, 0.29) is 11.8 Å². The zero-order valence-electron chi connectivity index (χ0n) is 12.8. The number of rotatable bonds is 5. The number of amides is 2. The summed E-state index contributed by atoms with van der Waals surface area (Å²) in [6.07, 6.45) is 1.37. The van der Waals surface area contributed by atoms with Crippen molar-refractivity contribution in [2.45, 2.75) is 26.7 Å². The highest BCUT2D eigenvalue weighted by Crippen LogP contribution is 2.15. The molecule has 0 spiro atoms. The van der Waals surface area contributed by atoms with Crippen LogP contribution in [0.3, 0.4) is 0 Å². The fourth-order valence-corrected chi connectivity index (χ4v) is 2.01. The molecule has 4 nitrogen and oxygen atoms in total. The summed E-state index contributed by atoms with van der Waals surface area (Å²) < 4.78 is 0. The van der Waals surface area contributed by atoms with Crippen LogP contribution in [0.5, 0.6) is 0 Å². The number of aryl methyl sites for hydroxylation is 1. The molecule has 0 atom stereocenters. The Morgan fingerprint density at radius 1 is 0.909 bits per heavy atom. The van der Waals surface area contributed by atoms with Gasteiger partial charge in [0.05, 0.1) is 0 Å². The summed E-state index contributed by atoms with van der Waals surface area (Å²) in [4.78, 5) is 23.7. The molecule has 0 bridgehead atoms. The highest BCUT2D eigenvalue weighted by molar-refractivity contribution is 6.05. The van der Waals surface area contributed by atoms with Gasteiger partial charge in [-0.1, -0.05) is 32.0 Å². The standard InChI is InChI=1S/C18H20N2O2/c1-3-13-8-10-15(11-9-13)20-18(22)14-6-5-7-16(12-14)19-17(21)4-2/h5-12H,3-4H2,1-2H3,(H,19,21)(H,20,22). The minimum absolute atomic E-state index is 0.0762. The van der Waals surface area contributed by atoms with E-state index in [4.69, 9.17) is 0 Å². The Morgan fingerprint density at radius 2 is 1.64 bits per heavy atom. The molecule has 22 heavy (non-hydrogen) atoms. The van der Waals surface area contributed by atoms with Crippen molar-refractivity contribution in [2.75, 3.05) is 10.6 Å². The first-order chi connectivity index (χ1) is 10.6. The van der Waals surface area contributed by atoms with Crippen LogP contribution in [-0.4, -0.2) is 11.8 Å². The van der Waals surface area contributed by atoms with Crippen LogP contribution in [0.1, 0.15) is 36.2 Å². The molecule has 2 aromatic rings.